The zero-order valence-corrected chi connectivity index (χ0v) is 16.4. The predicted molar refractivity (Wildman–Crippen MR) is 98.9 cm³/mol. The summed E-state index contributed by atoms with van der Waals surface area (Å²) in [4.78, 5) is 11.7. The van der Waals surface area contributed by atoms with Crippen molar-refractivity contribution in [3.8, 4) is 0 Å². The van der Waals surface area contributed by atoms with Crippen LogP contribution in [0.15, 0.2) is 23.3 Å². The summed E-state index contributed by atoms with van der Waals surface area (Å²) in [6.07, 6.45) is 10.2. The Morgan fingerprint density at radius 2 is 2.12 bits per heavy atom. The Bertz CT molecular complexity index is 526. The number of hydrogen-bond donors (Lipinski definition) is 1. The van der Waals surface area contributed by atoms with Crippen LogP contribution in [0.5, 0.6) is 0 Å². The number of cyclic esters (lactones) is 1. The number of carbonyl (C=O) groups is 1. The number of hydrogen-bond acceptors (Lipinski definition) is 4. The molecule has 1 fully saturated rings. The van der Waals surface area contributed by atoms with Crippen molar-refractivity contribution in [3.63, 3.8) is 0 Å². The average molecular weight is 350 g/mol. The van der Waals surface area contributed by atoms with E-state index in [9.17, 15) is 9.90 Å². The summed E-state index contributed by atoms with van der Waals surface area (Å²) in [5.41, 5.74) is 1.66. The minimum absolute atomic E-state index is 0.190. The second-order valence-electron chi connectivity index (χ2n) is 8.58. The summed E-state index contributed by atoms with van der Waals surface area (Å²) in [5.74, 6) is 0.0602. The van der Waals surface area contributed by atoms with E-state index < -0.39 is 11.9 Å². The third-order valence-electron chi connectivity index (χ3n) is 5.99. The van der Waals surface area contributed by atoms with Crippen molar-refractivity contribution in [1.82, 2.24) is 0 Å². The van der Waals surface area contributed by atoms with E-state index in [0.29, 0.717) is 17.9 Å². The van der Waals surface area contributed by atoms with E-state index >= 15 is 0 Å². The van der Waals surface area contributed by atoms with Crippen molar-refractivity contribution in [3.05, 3.63) is 23.3 Å². The van der Waals surface area contributed by atoms with Crippen LogP contribution in [0.1, 0.15) is 72.6 Å². The van der Waals surface area contributed by atoms with E-state index in [-0.39, 0.29) is 11.4 Å². The lowest BCUT2D eigenvalue weighted by atomic mass is 9.60. The first-order chi connectivity index (χ1) is 11.7. The van der Waals surface area contributed by atoms with Gasteiger partial charge in [0.05, 0.1) is 5.60 Å². The molecule has 25 heavy (non-hydrogen) atoms. The van der Waals surface area contributed by atoms with Gasteiger partial charge in [-0.15, -0.1) is 0 Å². The molecule has 0 spiro atoms. The number of ether oxygens (including phenoxy) is 2. The molecule has 1 aliphatic heterocycles. The fourth-order valence-electron chi connectivity index (χ4n) is 4.49. The van der Waals surface area contributed by atoms with Gasteiger partial charge in [0.15, 0.2) is 0 Å². The van der Waals surface area contributed by atoms with E-state index in [1.165, 1.54) is 19.1 Å². The maximum atomic E-state index is 11.7. The molecular formula is C21H34O4. The van der Waals surface area contributed by atoms with Gasteiger partial charge in [-0.2, -0.15) is 0 Å². The fourth-order valence-corrected chi connectivity index (χ4v) is 4.49. The Kier molecular flexibility index (Phi) is 6.50. The van der Waals surface area contributed by atoms with Crippen LogP contribution in [0.4, 0.5) is 0 Å². The Labute approximate surface area is 152 Å². The number of allylic oxidation sites excluding steroid dienone is 2. The lowest BCUT2D eigenvalue weighted by Gasteiger charge is -2.48. The molecule has 0 saturated heterocycles. The van der Waals surface area contributed by atoms with Gasteiger partial charge in [-0.1, -0.05) is 31.9 Å². The van der Waals surface area contributed by atoms with Crippen LogP contribution in [0.3, 0.4) is 0 Å². The van der Waals surface area contributed by atoms with Crippen molar-refractivity contribution in [2.24, 2.45) is 11.3 Å². The number of carbonyl (C=O) groups excluding carboxylic acids is 1. The lowest BCUT2D eigenvalue weighted by molar-refractivity contribution is -0.155. The van der Waals surface area contributed by atoms with Crippen molar-refractivity contribution in [2.45, 2.75) is 84.5 Å². The molecule has 1 N–H and O–H groups in total. The third kappa shape index (κ3) is 5.18. The zero-order valence-electron chi connectivity index (χ0n) is 16.4. The molecule has 0 bridgehead atoms. The monoisotopic (exact) mass is 350 g/mol. The first-order valence-corrected chi connectivity index (χ1v) is 9.48. The van der Waals surface area contributed by atoms with E-state index in [2.05, 4.69) is 26.8 Å². The van der Waals surface area contributed by atoms with Crippen LogP contribution in [0.2, 0.25) is 0 Å². The van der Waals surface area contributed by atoms with Crippen LogP contribution in [0, 0.1) is 11.3 Å². The van der Waals surface area contributed by atoms with Gasteiger partial charge < -0.3 is 14.6 Å². The molecule has 3 atom stereocenters. The Morgan fingerprint density at radius 1 is 1.40 bits per heavy atom. The van der Waals surface area contributed by atoms with Crippen molar-refractivity contribution in [1.29, 1.82) is 0 Å². The first-order valence-electron chi connectivity index (χ1n) is 9.48. The number of methoxy groups -OCH3 is 1. The van der Waals surface area contributed by atoms with E-state index in [0.717, 1.165) is 32.1 Å². The highest BCUT2D eigenvalue weighted by Gasteiger charge is 2.44. The van der Waals surface area contributed by atoms with Crippen molar-refractivity contribution in [2.75, 3.05) is 7.11 Å². The number of esters is 1. The van der Waals surface area contributed by atoms with Gasteiger partial charge in [-0.25, -0.2) is 4.79 Å². The topological polar surface area (TPSA) is 55.8 Å². The maximum Gasteiger partial charge on any atom is 0.336 e. The summed E-state index contributed by atoms with van der Waals surface area (Å²) in [5, 5.41) is 10.8. The molecule has 1 saturated carbocycles. The van der Waals surface area contributed by atoms with Crippen LogP contribution in [-0.4, -0.2) is 30.1 Å². The lowest BCUT2D eigenvalue weighted by Crippen LogP contribution is -2.46. The Morgan fingerprint density at radius 3 is 2.72 bits per heavy atom. The minimum Gasteiger partial charge on any atom is -0.429 e. The molecule has 142 valence electrons. The smallest absolute Gasteiger partial charge is 0.336 e. The average Bonchev–Trinajstić information content (AvgIpc) is 2.86. The van der Waals surface area contributed by atoms with Gasteiger partial charge in [0.1, 0.15) is 0 Å². The summed E-state index contributed by atoms with van der Waals surface area (Å²) < 4.78 is 10.1. The molecule has 1 heterocycles. The molecule has 0 amide bonds. The van der Waals surface area contributed by atoms with Crippen molar-refractivity contribution >= 4 is 5.97 Å². The van der Waals surface area contributed by atoms with Crippen molar-refractivity contribution < 1.29 is 19.4 Å². The molecule has 4 nitrogen and oxygen atoms in total. The van der Waals surface area contributed by atoms with Gasteiger partial charge >= 0.3 is 5.97 Å². The Balaban J connectivity index is 1.84. The highest BCUT2D eigenvalue weighted by Crippen LogP contribution is 2.48. The molecule has 0 aromatic carbocycles. The molecule has 0 aromatic rings. The SMILES string of the molecule is CO[C@@H]1C=C(CC/C=C(\C)CC[C@H]2C(C)(C)CCC[C@]2(C)O)C(=O)O1. The first kappa shape index (κ1) is 20.2. The van der Waals surface area contributed by atoms with Crippen LogP contribution >= 0.6 is 0 Å². The van der Waals surface area contributed by atoms with E-state index in [1.807, 2.05) is 6.92 Å². The molecule has 2 rings (SSSR count). The fraction of sp³-hybridized carbons (Fsp3) is 0.762. The van der Waals surface area contributed by atoms with Crippen LogP contribution in [-0.2, 0) is 14.3 Å². The number of rotatable bonds is 7. The van der Waals surface area contributed by atoms with Gasteiger partial charge in [-0.3, -0.25) is 0 Å². The molecule has 2 aliphatic rings. The second-order valence-corrected chi connectivity index (χ2v) is 8.58. The van der Waals surface area contributed by atoms with Gasteiger partial charge in [0.2, 0.25) is 6.29 Å². The summed E-state index contributed by atoms with van der Waals surface area (Å²) in [7, 11) is 1.53. The molecule has 0 unspecified atom stereocenters. The standard InChI is InChI=1S/C21H34O4/c1-15(8-6-9-16-14-18(24-5)25-19(16)22)10-11-17-20(2,3)12-7-13-21(17,4)23/h8,14,17-18,23H,6-7,9-13H2,1-5H3/b15-8+/t17-,18-,21-/m0/s1. The maximum absolute atomic E-state index is 11.7. The van der Waals surface area contributed by atoms with E-state index in [1.54, 1.807) is 6.08 Å². The normalized spacial score (nSPS) is 32.5. The molecular weight excluding hydrogens is 316 g/mol. The van der Waals surface area contributed by atoms with Gasteiger partial charge in [0, 0.05) is 12.7 Å². The third-order valence-corrected chi connectivity index (χ3v) is 5.99. The summed E-state index contributed by atoms with van der Waals surface area (Å²) >= 11 is 0. The van der Waals surface area contributed by atoms with E-state index in [4.69, 9.17) is 9.47 Å². The highest BCUT2D eigenvalue weighted by molar-refractivity contribution is 5.90. The second kappa shape index (κ2) is 8.05. The molecule has 4 heteroatoms. The van der Waals surface area contributed by atoms with Crippen LogP contribution in [0.25, 0.3) is 0 Å². The van der Waals surface area contributed by atoms with Gasteiger partial charge in [0.25, 0.3) is 0 Å². The molecule has 1 aliphatic carbocycles. The Hall–Kier alpha value is -1.13. The summed E-state index contributed by atoms with van der Waals surface area (Å²) in [6.45, 7) is 8.72. The summed E-state index contributed by atoms with van der Waals surface area (Å²) in [6, 6.07) is 0. The molecule has 0 radical (unpaired) electrons. The number of aliphatic hydroxyl groups is 1. The zero-order chi connectivity index (χ0) is 18.7. The van der Waals surface area contributed by atoms with Gasteiger partial charge in [-0.05, 0) is 69.8 Å². The quantitative estimate of drug-likeness (QED) is 0.541. The molecule has 0 aromatic heterocycles. The minimum atomic E-state index is -0.560. The largest absolute Gasteiger partial charge is 0.429 e. The van der Waals surface area contributed by atoms with Crippen LogP contribution < -0.4 is 0 Å². The predicted octanol–water partition coefficient (Wildman–Crippen LogP) is 4.53. The highest BCUT2D eigenvalue weighted by atomic mass is 16.7.